The molecule has 0 N–H and O–H groups in total. The SMILES string of the molecule is CC[Si](CC)(CC)O[C@@H]([C@H](C)[C@@H]1OC(C)(C)N(C(=O)OC(C)(C)C)[C@@H]1C)[C@H](C)/C=C/C(C)=C/[C@H]1C=C[C@H]2[C@@H](O[Si](c3ccccc3)(c3ccccc3)C(C)(C)C)C[C@@H](OC)C[C@H]2[C@@]1(C)C=O. The van der Waals surface area contributed by atoms with E-state index in [1.807, 2.05) is 34.6 Å². The van der Waals surface area contributed by atoms with Crippen molar-refractivity contribution in [1.29, 1.82) is 0 Å². The molecule has 11 atom stereocenters. The number of hydrogen-bond acceptors (Lipinski definition) is 7. The maximum Gasteiger partial charge on any atom is 0.412 e. The van der Waals surface area contributed by atoms with Gasteiger partial charge >= 0.3 is 6.09 Å². The van der Waals surface area contributed by atoms with Crippen molar-refractivity contribution in [3.63, 3.8) is 0 Å². The number of benzene rings is 2. The molecule has 1 saturated heterocycles. The number of carbonyl (C=O) groups excluding carboxylic acids is 2. The summed E-state index contributed by atoms with van der Waals surface area (Å²) in [5.74, 6) is -0.0307. The largest absolute Gasteiger partial charge is 0.444 e. The Labute approximate surface area is 402 Å². The second kappa shape index (κ2) is 21.2. The highest BCUT2D eigenvalue weighted by Crippen LogP contribution is 2.53. The van der Waals surface area contributed by atoms with Crippen LogP contribution in [0.3, 0.4) is 0 Å². The van der Waals surface area contributed by atoms with E-state index in [0.29, 0.717) is 0 Å². The molecule has 2 aromatic rings. The van der Waals surface area contributed by atoms with E-state index in [2.05, 4.69) is 167 Å². The lowest BCUT2D eigenvalue weighted by molar-refractivity contribution is -0.128. The van der Waals surface area contributed by atoms with Gasteiger partial charge in [-0.2, -0.15) is 0 Å². The summed E-state index contributed by atoms with van der Waals surface area (Å²) >= 11 is 0. The Hall–Kier alpha value is -3.13. The van der Waals surface area contributed by atoms with Crippen molar-refractivity contribution in [3.05, 3.63) is 96.6 Å². The molecule has 1 amide bonds. The van der Waals surface area contributed by atoms with E-state index in [0.717, 1.165) is 36.5 Å². The van der Waals surface area contributed by atoms with E-state index in [1.54, 1.807) is 12.0 Å². The molecule has 0 unspecified atom stereocenters. The molecule has 1 saturated carbocycles. The first kappa shape index (κ1) is 53.8. The topological polar surface area (TPSA) is 83.5 Å². The molecule has 0 radical (unpaired) electrons. The summed E-state index contributed by atoms with van der Waals surface area (Å²) in [6, 6.07) is 24.6. The molecule has 0 bridgehead atoms. The summed E-state index contributed by atoms with van der Waals surface area (Å²) in [5.41, 5.74) is -1.04. The third-order valence-electron chi connectivity index (χ3n) is 15.8. The fraction of sp³-hybridized carbons (Fsp3) is 0.643. The van der Waals surface area contributed by atoms with Crippen LogP contribution in [0.1, 0.15) is 124 Å². The predicted octanol–water partition coefficient (Wildman–Crippen LogP) is 12.3. The fourth-order valence-corrected chi connectivity index (χ4v) is 19.5. The van der Waals surface area contributed by atoms with Crippen molar-refractivity contribution in [3.8, 4) is 0 Å². The van der Waals surface area contributed by atoms with Crippen LogP contribution in [0.4, 0.5) is 4.79 Å². The number of allylic oxidation sites excluding steroid dienone is 4. The molecule has 2 aromatic carbocycles. The highest BCUT2D eigenvalue weighted by Gasteiger charge is 2.57. The van der Waals surface area contributed by atoms with Gasteiger partial charge in [-0.25, -0.2) is 4.79 Å². The number of hydrogen-bond donors (Lipinski definition) is 0. The average molecular weight is 942 g/mol. The molecule has 0 aromatic heterocycles. The van der Waals surface area contributed by atoms with Gasteiger partial charge in [0.25, 0.3) is 8.32 Å². The van der Waals surface area contributed by atoms with E-state index in [4.69, 9.17) is 23.1 Å². The summed E-state index contributed by atoms with van der Waals surface area (Å²) < 4.78 is 34.2. The zero-order chi connectivity index (χ0) is 49.0. The summed E-state index contributed by atoms with van der Waals surface area (Å²) in [6.07, 6.45) is 13.3. The van der Waals surface area contributed by atoms with Gasteiger partial charge in [0.05, 0.1) is 30.5 Å². The Bertz CT molecular complexity index is 1950. The van der Waals surface area contributed by atoms with Gasteiger partial charge in [0.2, 0.25) is 0 Å². The van der Waals surface area contributed by atoms with Gasteiger partial charge in [-0.15, -0.1) is 0 Å². The molecular formula is C56H87NO7Si2. The first-order valence-electron chi connectivity index (χ1n) is 25.1. The number of rotatable bonds is 17. The van der Waals surface area contributed by atoms with E-state index < -0.39 is 33.4 Å². The first-order chi connectivity index (χ1) is 30.9. The van der Waals surface area contributed by atoms with Crippen LogP contribution < -0.4 is 10.4 Å². The highest BCUT2D eigenvalue weighted by atomic mass is 28.4. The quantitative estimate of drug-likeness (QED) is 0.0676. The van der Waals surface area contributed by atoms with Crippen LogP contribution >= 0.6 is 0 Å². The Morgan fingerprint density at radius 1 is 0.894 bits per heavy atom. The Morgan fingerprint density at radius 3 is 1.94 bits per heavy atom. The monoisotopic (exact) mass is 942 g/mol. The van der Waals surface area contributed by atoms with Crippen molar-refractivity contribution in [2.75, 3.05) is 7.11 Å². The lowest BCUT2D eigenvalue weighted by atomic mass is 9.55. The minimum Gasteiger partial charge on any atom is -0.444 e. The maximum atomic E-state index is 13.7. The van der Waals surface area contributed by atoms with Crippen LogP contribution in [0.2, 0.25) is 23.2 Å². The molecule has 2 aliphatic carbocycles. The molecule has 8 nitrogen and oxygen atoms in total. The standard InChI is InChI=1S/C56H87NO7Si2/c1-18-65(19-2,20-3)64-50(41(6)51-42(7)57(55(14,15)61-51)52(59)62-53(8,9)10)40(5)32-31-39(4)35-43-33-34-47-48(56(43,16)38-58)36-44(60-17)37-49(47)63-66(54(11,12)13,45-27-23-21-24-28-45)46-29-25-22-26-30-46/h21-35,38,40-44,47-51H,18-20,36-37H2,1-17H3/b32-31+,39-35+/t40-,41+,42-,43-,44+,47-,48-,49+,50-,51+,56+/m1/s1. The average Bonchev–Trinajstić information content (AvgIpc) is 3.53. The van der Waals surface area contributed by atoms with Crippen LogP contribution in [0.15, 0.2) is 96.6 Å². The minimum absolute atomic E-state index is 0.0191. The Morgan fingerprint density at radius 2 is 1.45 bits per heavy atom. The van der Waals surface area contributed by atoms with Crippen molar-refractivity contribution in [2.24, 2.45) is 35.0 Å². The highest BCUT2D eigenvalue weighted by molar-refractivity contribution is 6.99. The van der Waals surface area contributed by atoms with E-state index >= 15 is 0 Å². The fourth-order valence-electron chi connectivity index (χ4n) is 11.8. The molecule has 3 aliphatic rings. The maximum absolute atomic E-state index is 13.7. The molecule has 2 fully saturated rings. The Balaban J connectivity index is 1.47. The van der Waals surface area contributed by atoms with Crippen LogP contribution in [-0.4, -0.2) is 82.8 Å². The lowest BCUT2D eigenvalue weighted by Crippen LogP contribution is -2.69. The van der Waals surface area contributed by atoms with Crippen molar-refractivity contribution < 1.29 is 32.7 Å². The molecule has 10 heteroatoms. The van der Waals surface area contributed by atoms with Gasteiger partial charge in [0.15, 0.2) is 8.32 Å². The summed E-state index contributed by atoms with van der Waals surface area (Å²) in [5, 5.41) is 2.32. The second-order valence-corrected chi connectivity index (χ2v) is 31.6. The zero-order valence-corrected chi connectivity index (χ0v) is 45.9. The molecule has 5 rings (SSSR count). The van der Waals surface area contributed by atoms with Crippen LogP contribution in [0.25, 0.3) is 0 Å². The van der Waals surface area contributed by atoms with Gasteiger partial charge in [-0.1, -0.05) is 159 Å². The predicted molar refractivity (Wildman–Crippen MR) is 276 cm³/mol. The third-order valence-corrected chi connectivity index (χ3v) is 25.5. The molecule has 0 spiro atoms. The minimum atomic E-state index is -2.89. The van der Waals surface area contributed by atoms with Gasteiger partial charge in [-0.3, -0.25) is 4.90 Å². The van der Waals surface area contributed by atoms with Crippen molar-refractivity contribution in [2.45, 2.75) is 189 Å². The number of carbonyl (C=O) groups is 2. The van der Waals surface area contributed by atoms with Gasteiger partial charge in [0, 0.05) is 30.3 Å². The normalized spacial score (nSPS) is 28.8. The summed E-state index contributed by atoms with van der Waals surface area (Å²) in [6.45, 7) is 34.3. The van der Waals surface area contributed by atoms with Crippen LogP contribution in [0.5, 0.6) is 0 Å². The number of methoxy groups -OCH3 is 1. The lowest BCUT2D eigenvalue weighted by Gasteiger charge is -2.54. The number of fused-ring (bicyclic) bond motifs is 1. The molecular weight excluding hydrogens is 855 g/mol. The van der Waals surface area contributed by atoms with Gasteiger partial charge in [0.1, 0.15) is 17.6 Å². The third kappa shape index (κ3) is 11.2. The second-order valence-electron chi connectivity index (χ2n) is 22.7. The number of ether oxygens (including phenoxy) is 3. The number of aldehydes is 1. The summed E-state index contributed by atoms with van der Waals surface area (Å²) in [4.78, 5) is 29.1. The smallest absolute Gasteiger partial charge is 0.412 e. The number of nitrogens with zero attached hydrogens (tertiary/aromatic N) is 1. The zero-order valence-electron chi connectivity index (χ0n) is 43.9. The number of amides is 1. The van der Waals surface area contributed by atoms with Crippen molar-refractivity contribution >= 4 is 39.4 Å². The molecule has 1 aliphatic heterocycles. The van der Waals surface area contributed by atoms with Crippen LogP contribution in [-0.2, 0) is 27.9 Å². The van der Waals surface area contributed by atoms with E-state index in [-0.39, 0.29) is 71.2 Å². The van der Waals surface area contributed by atoms with Crippen LogP contribution in [0, 0.1) is 35.0 Å². The van der Waals surface area contributed by atoms with Gasteiger partial charge < -0.3 is 27.9 Å². The Kier molecular flexibility index (Phi) is 17.3. The van der Waals surface area contributed by atoms with Gasteiger partial charge in [-0.05, 0) is 107 Å². The van der Waals surface area contributed by atoms with Crippen molar-refractivity contribution in [1.82, 2.24) is 4.90 Å². The molecule has 1 heterocycles. The molecule has 366 valence electrons. The molecule has 66 heavy (non-hydrogen) atoms. The first-order valence-corrected chi connectivity index (χ1v) is 29.5. The van der Waals surface area contributed by atoms with E-state index in [9.17, 15) is 9.59 Å². The summed E-state index contributed by atoms with van der Waals surface area (Å²) in [7, 11) is -3.16. The van der Waals surface area contributed by atoms with E-state index in [1.165, 1.54) is 16.7 Å².